The molecule has 0 bridgehead atoms. The van der Waals surface area contributed by atoms with Gasteiger partial charge >= 0.3 is 5.97 Å². The first kappa shape index (κ1) is 18.1. The van der Waals surface area contributed by atoms with Gasteiger partial charge in [0.15, 0.2) is 11.6 Å². The van der Waals surface area contributed by atoms with Crippen LogP contribution in [0.15, 0.2) is 59.0 Å². The maximum Gasteiger partial charge on any atom is 0.381 e. The van der Waals surface area contributed by atoms with Crippen LogP contribution in [0.3, 0.4) is 0 Å². The molecule has 1 heterocycles. The highest BCUT2D eigenvalue weighted by Gasteiger charge is 2.14. The summed E-state index contributed by atoms with van der Waals surface area (Å²) in [5, 5.41) is 17.8. The van der Waals surface area contributed by atoms with Crippen LogP contribution in [0, 0.1) is 19.7 Å². The molecule has 0 spiro atoms. The van der Waals surface area contributed by atoms with Crippen molar-refractivity contribution in [2.75, 3.05) is 0 Å². The van der Waals surface area contributed by atoms with Crippen molar-refractivity contribution in [3.8, 4) is 11.5 Å². The third kappa shape index (κ3) is 4.30. The zero-order chi connectivity index (χ0) is 19.4. The predicted octanol–water partition coefficient (Wildman–Crippen LogP) is 4.57. The normalized spacial score (nSPS) is 10.9. The molecular weight excluding hydrogens is 351 g/mol. The summed E-state index contributed by atoms with van der Waals surface area (Å²) in [6.45, 7) is 3.53. The molecule has 0 aliphatic heterocycles. The zero-order valence-electron chi connectivity index (χ0n) is 14.5. The molecule has 8 heteroatoms. The number of rotatable bonds is 4. The second kappa shape index (κ2) is 7.69. The molecule has 0 aliphatic carbocycles. The Bertz CT molecular complexity index is 997. The molecule has 2 aromatic carbocycles. The van der Waals surface area contributed by atoms with Crippen LogP contribution in [0.1, 0.15) is 21.7 Å². The summed E-state index contributed by atoms with van der Waals surface area (Å²) >= 11 is 0. The van der Waals surface area contributed by atoms with Crippen LogP contribution in [0.25, 0.3) is 0 Å². The average molecular weight is 366 g/mol. The van der Waals surface area contributed by atoms with E-state index in [1.54, 1.807) is 32.0 Å². The highest BCUT2D eigenvalue weighted by atomic mass is 19.1. The number of esters is 1. The average Bonchev–Trinajstić information content (AvgIpc) is 2.66. The Balaban J connectivity index is 1.72. The number of azo groups is 1. The third-order valence-electron chi connectivity index (χ3n) is 3.62. The number of halogens is 1. The highest BCUT2D eigenvalue weighted by molar-refractivity contribution is 5.87. The van der Waals surface area contributed by atoms with Gasteiger partial charge in [-0.2, -0.15) is 5.11 Å². The fraction of sp³-hybridized carbons (Fsp3) is 0.105. The van der Waals surface area contributed by atoms with Crippen molar-refractivity contribution in [3.63, 3.8) is 0 Å². The smallest absolute Gasteiger partial charge is 0.381 e. The minimum absolute atomic E-state index is 0.201. The van der Waals surface area contributed by atoms with Gasteiger partial charge in [0, 0.05) is 0 Å². The molecule has 0 saturated carbocycles. The molecule has 1 aromatic heterocycles. The van der Waals surface area contributed by atoms with Gasteiger partial charge in [-0.25, -0.2) is 19.2 Å². The first-order chi connectivity index (χ1) is 12.9. The van der Waals surface area contributed by atoms with Crippen molar-refractivity contribution < 1.29 is 19.0 Å². The van der Waals surface area contributed by atoms with Crippen LogP contribution >= 0.6 is 0 Å². The van der Waals surface area contributed by atoms with E-state index in [9.17, 15) is 14.3 Å². The van der Waals surface area contributed by atoms with Gasteiger partial charge in [-0.15, -0.1) is 5.11 Å². The Hall–Kier alpha value is -3.68. The molecule has 3 aromatic rings. The molecule has 0 fully saturated rings. The molecule has 0 unspecified atom stereocenters. The lowest BCUT2D eigenvalue weighted by molar-refractivity contribution is 0.0715. The molecule has 136 valence electrons. The molecule has 0 radical (unpaired) electrons. The largest absolute Gasteiger partial charge is 0.507 e. The van der Waals surface area contributed by atoms with E-state index in [-0.39, 0.29) is 17.3 Å². The molecule has 0 amide bonds. The van der Waals surface area contributed by atoms with E-state index in [1.807, 2.05) is 0 Å². The summed E-state index contributed by atoms with van der Waals surface area (Å²) < 4.78 is 18.4. The van der Waals surface area contributed by atoms with Crippen molar-refractivity contribution in [2.45, 2.75) is 13.8 Å². The minimum atomic E-state index is -0.881. The molecular formula is C19H15FN4O3. The number of hydrogen-bond donors (Lipinski definition) is 1. The molecule has 0 saturated heterocycles. The number of benzene rings is 2. The number of aromatic hydroxyl groups is 1. The first-order valence-corrected chi connectivity index (χ1v) is 7.95. The number of carbonyl (C=O) groups excluding carboxylic acids is 1. The molecule has 3 rings (SSSR count). The number of ether oxygens (including phenoxy) is 1. The third-order valence-corrected chi connectivity index (χ3v) is 3.62. The van der Waals surface area contributed by atoms with Gasteiger partial charge in [0.2, 0.25) is 5.82 Å². The monoisotopic (exact) mass is 366 g/mol. The van der Waals surface area contributed by atoms with Gasteiger partial charge in [-0.3, -0.25) is 0 Å². The Labute approximate surface area is 154 Å². The Kier molecular flexibility index (Phi) is 5.16. The summed E-state index contributed by atoms with van der Waals surface area (Å²) in [5.41, 5.74) is 2.25. The fourth-order valence-electron chi connectivity index (χ4n) is 2.26. The number of para-hydroxylation sites is 1. The van der Waals surface area contributed by atoms with E-state index in [0.29, 0.717) is 22.5 Å². The van der Waals surface area contributed by atoms with Crippen LogP contribution in [-0.2, 0) is 0 Å². The fourth-order valence-corrected chi connectivity index (χ4v) is 2.26. The summed E-state index contributed by atoms with van der Waals surface area (Å²) in [4.78, 5) is 19.7. The van der Waals surface area contributed by atoms with Crippen LogP contribution in [0.5, 0.6) is 11.5 Å². The topological polar surface area (TPSA) is 97.0 Å². The van der Waals surface area contributed by atoms with Crippen LogP contribution < -0.4 is 4.74 Å². The van der Waals surface area contributed by atoms with Crippen molar-refractivity contribution in [1.29, 1.82) is 0 Å². The Morgan fingerprint density at radius 1 is 1.04 bits per heavy atom. The van der Waals surface area contributed by atoms with Crippen LogP contribution in [-0.4, -0.2) is 21.0 Å². The van der Waals surface area contributed by atoms with Gasteiger partial charge in [-0.1, -0.05) is 12.1 Å². The maximum absolute atomic E-state index is 13.5. The second-order valence-corrected chi connectivity index (χ2v) is 5.71. The number of aryl methyl sites for hydroxylation is 2. The van der Waals surface area contributed by atoms with Crippen molar-refractivity contribution in [1.82, 2.24) is 9.97 Å². The van der Waals surface area contributed by atoms with Crippen LogP contribution in [0.4, 0.5) is 15.8 Å². The van der Waals surface area contributed by atoms with E-state index in [2.05, 4.69) is 20.2 Å². The lowest BCUT2D eigenvalue weighted by atomic mass is 10.1. The Morgan fingerprint density at radius 3 is 2.26 bits per heavy atom. The van der Waals surface area contributed by atoms with Gasteiger partial charge in [0.1, 0.15) is 11.4 Å². The predicted molar refractivity (Wildman–Crippen MR) is 95.1 cm³/mol. The second-order valence-electron chi connectivity index (χ2n) is 5.71. The molecule has 0 aliphatic rings. The van der Waals surface area contributed by atoms with Crippen molar-refractivity contribution >= 4 is 17.3 Å². The lowest BCUT2D eigenvalue weighted by Crippen LogP contribution is -2.13. The summed E-state index contributed by atoms with van der Waals surface area (Å²) in [6, 6.07) is 8.92. The SMILES string of the molecule is Cc1cc(/N=N/c2cnc(C(=O)Oc3ccccc3F)nc2)cc(C)c1O. The Morgan fingerprint density at radius 2 is 1.63 bits per heavy atom. The first-order valence-electron chi connectivity index (χ1n) is 7.95. The lowest BCUT2D eigenvalue weighted by Gasteiger charge is -2.04. The van der Waals surface area contributed by atoms with Gasteiger partial charge in [-0.05, 0) is 49.2 Å². The van der Waals surface area contributed by atoms with Gasteiger partial charge in [0.05, 0.1) is 18.1 Å². The van der Waals surface area contributed by atoms with Gasteiger partial charge in [0.25, 0.3) is 0 Å². The van der Waals surface area contributed by atoms with Crippen LogP contribution in [0.2, 0.25) is 0 Å². The quantitative estimate of drug-likeness (QED) is 0.414. The number of carbonyl (C=O) groups is 1. The van der Waals surface area contributed by atoms with Crippen molar-refractivity contribution in [2.24, 2.45) is 10.2 Å². The van der Waals surface area contributed by atoms with E-state index < -0.39 is 11.8 Å². The molecule has 1 N–H and O–H groups in total. The van der Waals surface area contributed by atoms with Crippen molar-refractivity contribution in [3.05, 3.63) is 71.6 Å². The highest BCUT2D eigenvalue weighted by Crippen LogP contribution is 2.28. The standard InChI is InChI=1S/C19H15FN4O3/c1-11-7-13(8-12(2)17(11)25)23-24-14-9-21-18(22-10-14)19(26)27-16-6-4-3-5-15(16)20/h3-10,25H,1-2H3/b24-23+. The maximum atomic E-state index is 13.5. The van der Waals surface area contributed by atoms with E-state index in [4.69, 9.17) is 4.74 Å². The van der Waals surface area contributed by atoms with Gasteiger partial charge < -0.3 is 9.84 Å². The number of aromatic nitrogens is 2. The summed E-state index contributed by atoms with van der Waals surface area (Å²) in [7, 11) is 0. The molecule has 0 atom stereocenters. The molecule has 7 nitrogen and oxygen atoms in total. The number of phenolic OH excluding ortho intramolecular Hbond substituents is 1. The minimum Gasteiger partial charge on any atom is -0.507 e. The number of hydrogen-bond acceptors (Lipinski definition) is 7. The van der Waals surface area contributed by atoms with E-state index in [1.165, 1.54) is 30.6 Å². The summed E-state index contributed by atoms with van der Waals surface area (Å²) in [5.74, 6) is -1.75. The number of phenols is 1. The summed E-state index contributed by atoms with van der Waals surface area (Å²) in [6.07, 6.45) is 2.60. The van der Waals surface area contributed by atoms with E-state index >= 15 is 0 Å². The molecule has 27 heavy (non-hydrogen) atoms. The zero-order valence-corrected chi connectivity index (χ0v) is 14.5. The number of nitrogens with zero attached hydrogens (tertiary/aromatic N) is 4. The van der Waals surface area contributed by atoms with E-state index in [0.717, 1.165) is 0 Å².